The number of nitrogens with one attached hydrogen (secondary N) is 3. The fraction of sp³-hybridized carbons (Fsp3) is 0.429. The molecule has 0 aliphatic rings. The quantitative estimate of drug-likeness (QED) is 0.659. The molecule has 3 N–H and O–H groups in total. The molecule has 0 aromatic heterocycles. The summed E-state index contributed by atoms with van der Waals surface area (Å²) in [7, 11) is 0. The number of carbonyl (C=O) groups excluding carboxylic acids is 2. The lowest BCUT2D eigenvalue weighted by Crippen LogP contribution is -2.34. The van der Waals surface area contributed by atoms with E-state index in [2.05, 4.69) is 16.0 Å². The Morgan fingerprint density at radius 2 is 2.00 bits per heavy atom. The van der Waals surface area contributed by atoms with Crippen LogP contribution in [-0.2, 0) is 9.59 Å². The Bertz CT molecular complexity index is 463. The molecule has 1 aromatic rings. The maximum absolute atomic E-state index is 12.9. The highest BCUT2D eigenvalue weighted by molar-refractivity contribution is 5.92. The summed E-state index contributed by atoms with van der Waals surface area (Å²) in [5.74, 6) is -0.737. The molecule has 20 heavy (non-hydrogen) atoms. The first-order chi connectivity index (χ1) is 9.47. The van der Waals surface area contributed by atoms with Crippen LogP contribution in [0, 0.1) is 5.82 Å². The van der Waals surface area contributed by atoms with E-state index in [1.165, 1.54) is 18.2 Å². The number of halogens is 1. The van der Waals surface area contributed by atoms with Crippen LogP contribution in [0.25, 0.3) is 0 Å². The Balaban J connectivity index is 2.19. The van der Waals surface area contributed by atoms with E-state index < -0.39 is 5.82 Å². The van der Waals surface area contributed by atoms with Crippen LogP contribution in [0.2, 0.25) is 0 Å². The van der Waals surface area contributed by atoms with Crippen LogP contribution >= 0.6 is 0 Å². The summed E-state index contributed by atoms with van der Waals surface area (Å²) in [6, 6.07) is 5.79. The van der Waals surface area contributed by atoms with Crippen molar-refractivity contribution in [2.24, 2.45) is 0 Å². The zero-order valence-corrected chi connectivity index (χ0v) is 11.7. The van der Waals surface area contributed by atoms with Crippen LogP contribution in [-0.4, -0.2) is 30.9 Å². The predicted octanol–water partition coefficient (Wildman–Crippen LogP) is 1.27. The van der Waals surface area contributed by atoms with Crippen LogP contribution < -0.4 is 16.0 Å². The third kappa shape index (κ3) is 6.84. The van der Waals surface area contributed by atoms with E-state index in [0.717, 1.165) is 0 Å². The first kappa shape index (κ1) is 16.1. The van der Waals surface area contributed by atoms with E-state index in [1.807, 2.05) is 13.8 Å². The Morgan fingerprint density at radius 1 is 1.25 bits per heavy atom. The molecule has 0 heterocycles. The minimum absolute atomic E-state index is 0.0574. The maximum Gasteiger partial charge on any atom is 0.238 e. The summed E-state index contributed by atoms with van der Waals surface area (Å²) < 4.78 is 12.9. The van der Waals surface area contributed by atoms with Crippen molar-refractivity contribution in [3.8, 4) is 0 Å². The van der Waals surface area contributed by atoms with E-state index in [4.69, 9.17) is 0 Å². The van der Waals surface area contributed by atoms with E-state index in [9.17, 15) is 14.0 Å². The summed E-state index contributed by atoms with van der Waals surface area (Å²) in [5, 5.41) is 8.17. The summed E-state index contributed by atoms with van der Waals surface area (Å²) in [4.78, 5) is 22.9. The third-order valence-corrected chi connectivity index (χ3v) is 2.37. The molecule has 2 amide bonds. The van der Waals surface area contributed by atoms with E-state index >= 15 is 0 Å². The summed E-state index contributed by atoms with van der Waals surface area (Å²) in [6.07, 6.45) is 0.311. The summed E-state index contributed by atoms with van der Waals surface area (Å²) >= 11 is 0. The molecule has 0 fully saturated rings. The first-order valence-electron chi connectivity index (χ1n) is 6.53. The second-order valence-electron chi connectivity index (χ2n) is 4.71. The summed E-state index contributed by atoms with van der Waals surface area (Å²) in [6.45, 7) is 4.26. The average molecular weight is 281 g/mol. The van der Waals surface area contributed by atoms with Crippen molar-refractivity contribution in [1.29, 1.82) is 0 Å². The molecule has 110 valence electrons. The minimum Gasteiger partial charge on any atom is -0.354 e. The van der Waals surface area contributed by atoms with Gasteiger partial charge in [0, 0.05) is 24.7 Å². The van der Waals surface area contributed by atoms with Gasteiger partial charge in [0.05, 0.1) is 6.54 Å². The average Bonchev–Trinajstić information content (AvgIpc) is 2.34. The highest BCUT2D eigenvalue weighted by Crippen LogP contribution is 2.08. The lowest BCUT2D eigenvalue weighted by atomic mass is 10.3. The predicted molar refractivity (Wildman–Crippen MR) is 75.8 cm³/mol. The molecular formula is C14H20FN3O2. The second kappa shape index (κ2) is 8.27. The Morgan fingerprint density at radius 3 is 2.65 bits per heavy atom. The van der Waals surface area contributed by atoms with Crippen LogP contribution in [0.15, 0.2) is 24.3 Å². The highest BCUT2D eigenvalue weighted by Gasteiger charge is 2.05. The lowest BCUT2D eigenvalue weighted by Gasteiger charge is -2.09. The van der Waals surface area contributed by atoms with Crippen molar-refractivity contribution in [2.45, 2.75) is 26.3 Å². The van der Waals surface area contributed by atoms with Crippen LogP contribution in [0.3, 0.4) is 0 Å². The van der Waals surface area contributed by atoms with Crippen molar-refractivity contribution in [2.75, 3.05) is 18.4 Å². The molecule has 0 radical (unpaired) electrons. The van der Waals surface area contributed by atoms with E-state index in [-0.39, 0.29) is 24.4 Å². The molecule has 0 saturated carbocycles. The summed E-state index contributed by atoms with van der Waals surface area (Å²) in [5.41, 5.74) is 0.411. The van der Waals surface area contributed by atoms with E-state index in [0.29, 0.717) is 18.7 Å². The molecule has 0 aliphatic carbocycles. The van der Waals surface area contributed by atoms with Gasteiger partial charge in [0.15, 0.2) is 0 Å². The topological polar surface area (TPSA) is 70.2 Å². The standard InChI is InChI=1S/C14H20FN3O2/c1-10(2)17-13(19)6-7-16-9-14(20)18-12-5-3-4-11(15)8-12/h3-5,8,10,16H,6-7,9H2,1-2H3,(H,17,19)(H,18,20). The van der Waals surface area contributed by atoms with Gasteiger partial charge in [-0.3, -0.25) is 9.59 Å². The zero-order chi connectivity index (χ0) is 15.0. The van der Waals surface area contributed by atoms with Crippen molar-refractivity contribution in [3.63, 3.8) is 0 Å². The molecule has 0 bridgehead atoms. The SMILES string of the molecule is CC(C)NC(=O)CCNCC(=O)Nc1cccc(F)c1. The van der Waals surface area contributed by atoms with E-state index in [1.54, 1.807) is 6.07 Å². The second-order valence-corrected chi connectivity index (χ2v) is 4.71. The number of rotatable bonds is 7. The van der Waals surface area contributed by atoms with Gasteiger partial charge in [0.1, 0.15) is 5.82 Å². The van der Waals surface area contributed by atoms with Gasteiger partial charge in [-0.1, -0.05) is 6.07 Å². The maximum atomic E-state index is 12.9. The molecular weight excluding hydrogens is 261 g/mol. The Kier molecular flexibility index (Phi) is 6.66. The number of hydrogen-bond donors (Lipinski definition) is 3. The van der Waals surface area contributed by atoms with Crippen LogP contribution in [0.1, 0.15) is 20.3 Å². The molecule has 0 atom stereocenters. The smallest absolute Gasteiger partial charge is 0.238 e. The normalized spacial score (nSPS) is 10.4. The van der Waals surface area contributed by atoms with Gasteiger partial charge in [0.25, 0.3) is 0 Å². The molecule has 0 aliphatic heterocycles. The molecule has 6 heteroatoms. The van der Waals surface area contributed by atoms with Gasteiger partial charge in [-0.05, 0) is 32.0 Å². The Labute approximate surface area is 117 Å². The fourth-order valence-corrected chi connectivity index (χ4v) is 1.57. The fourth-order valence-electron chi connectivity index (χ4n) is 1.57. The van der Waals surface area contributed by atoms with Gasteiger partial charge in [-0.25, -0.2) is 4.39 Å². The van der Waals surface area contributed by atoms with Gasteiger partial charge in [-0.15, -0.1) is 0 Å². The first-order valence-corrected chi connectivity index (χ1v) is 6.53. The van der Waals surface area contributed by atoms with Gasteiger partial charge >= 0.3 is 0 Å². The molecule has 1 aromatic carbocycles. The Hall–Kier alpha value is -1.95. The van der Waals surface area contributed by atoms with Gasteiger partial charge in [-0.2, -0.15) is 0 Å². The molecule has 0 spiro atoms. The van der Waals surface area contributed by atoms with Gasteiger partial charge in [0.2, 0.25) is 11.8 Å². The van der Waals surface area contributed by atoms with Crippen LogP contribution in [0.5, 0.6) is 0 Å². The molecule has 5 nitrogen and oxygen atoms in total. The third-order valence-electron chi connectivity index (χ3n) is 2.37. The molecule has 0 saturated heterocycles. The largest absolute Gasteiger partial charge is 0.354 e. The van der Waals surface area contributed by atoms with Crippen molar-refractivity contribution in [1.82, 2.24) is 10.6 Å². The molecule has 0 unspecified atom stereocenters. The van der Waals surface area contributed by atoms with Crippen molar-refractivity contribution >= 4 is 17.5 Å². The number of carbonyl (C=O) groups is 2. The van der Waals surface area contributed by atoms with Crippen molar-refractivity contribution < 1.29 is 14.0 Å². The molecule has 1 rings (SSSR count). The monoisotopic (exact) mass is 281 g/mol. The number of hydrogen-bond acceptors (Lipinski definition) is 3. The lowest BCUT2D eigenvalue weighted by molar-refractivity contribution is -0.121. The number of anilines is 1. The van der Waals surface area contributed by atoms with Gasteiger partial charge < -0.3 is 16.0 Å². The van der Waals surface area contributed by atoms with Crippen molar-refractivity contribution in [3.05, 3.63) is 30.1 Å². The minimum atomic E-state index is -0.402. The highest BCUT2D eigenvalue weighted by atomic mass is 19.1. The number of amides is 2. The zero-order valence-electron chi connectivity index (χ0n) is 11.7. The van der Waals surface area contributed by atoms with Crippen LogP contribution in [0.4, 0.5) is 10.1 Å². The number of benzene rings is 1.